The molecule has 21 heavy (non-hydrogen) atoms. The summed E-state index contributed by atoms with van der Waals surface area (Å²) in [6.45, 7) is 0.158. The second kappa shape index (κ2) is 4.88. The van der Waals surface area contributed by atoms with Crippen LogP contribution in [0.3, 0.4) is 0 Å². The fourth-order valence-electron chi connectivity index (χ4n) is 2.26. The lowest BCUT2D eigenvalue weighted by Crippen LogP contribution is -2.35. The normalized spacial score (nSPS) is 18.1. The number of cyclic esters (lactones) is 1. The van der Waals surface area contributed by atoms with Crippen LogP contribution in [0, 0.1) is 0 Å². The Morgan fingerprint density at radius 2 is 2.19 bits per heavy atom. The minimum absolute atomic E-state index is 0.0608. The predicted octanol–water partition coefficient (Wildman–Crippen LogP) is 0.671. The predicted molar refractivity (Wildman–Crippen MR) is 78.7 cm³/mol. The molecule has 1 aliphatic heterocycles. The van der Waals surface area contributed by atoms with E-state index in [9.17, 15) is 14.4 Å². The van der Waals surface area contributed by atoms with Crippen LogP contribution in [0.15, 0.2) is 23.0 Å². The van der Waals surface area contributed by atoms with Crippen molar-refractivity contribution in [2.24, 2.45) is 7.05 Å². The molecule has 7 nitrogen and oxygen atoms in total. The number of aryl methyl sites for hydroxylation is 1. The molecule has 1 aromatic heterocycles. The molecule has 3 rings (SSSR count). The van der Waals surface area contributed by atoms with Gasteiger partial charge in [0.25, 0.3) is 5.91 Å². The van der Waals surface area contributed by atoms with E-state index in [0.717, 1.165) is 21.6 Å². The van der Waals surface area contributed by atoms with E-state index in [1.807, 2.05) is 0 Å². The molecule has 110 valence electrons. The summed E-state index contributed by atoms with van der Waals surface area (Å²) in [5.74, 6) is -0.337. The zero-order chi connectivity index (χ0) is 15.1. The van der Waals surface area contributed by atoms with Gasteiger partial charge in [-0.15, -0.1) is 0 Å². The zero-order valence-corrected chi connectivity index (χ0v) is 12.3. The Morgan fingerprint density at radius 1 is 1.43 bits per heavy atom. The summed E-state index contributed by atoms with van der Waals surface area (Å²) in [7, 11) is 3.19. The van der Waals surface area contributed by atoms with Crippen LogP contribution in [0.5, 0.6) is 0 Å². The number of rotatable bonds is 2. The lowest BCUT2D eigenvalue weighted by atomic mass is 10.2. The van der Waals surface area contributed by atoms with Gasteiger partial charge in [0, 0.05) is 19.8 Å². The summed E-state index contributed by atoms with van der Waals surface area (Å²) in [4.78, 5) is 36.4. The highest BCUT2D eigenvalue weighted by molar-refractivity contribution is 7.16. The van der Waals surface area contributed by atoms with Crippen LogP contribution in [0.1, 0.15) is 0 Å². The maximum absolute atomic E-state index is 11.9. The van der Waals surface area contributed by atoms with Gasteiger partial charge in [-0.25, -0.2) is 4.79 Å². The van der Waals surface area contributed by atoms with Gasteiger partial charge in [-0.1, -0.05) is 11.3 Å². The zero-order valence-electron chi connectivity index (χ0n) is 11.5. The molecule has 2 amide bonds. The fourth-order valence-corrected chi connectivity index (χ4v) is 3.17. The molecule has 0 spiro atoms. The molecule has 1 aliphatic rings. The standard InChI is InChI=1S/C13H13N3O4S/c1-14-11(17)9-6-16(12(18)20-9)7-3-4-8-10(5-7)21-13(19)15(8)2/h3-5,9H,6H2,1-2H3,(H,14,17)/t9-/m1/s1. The Balaban J connectivity index is 1.95. The molecule has 1 saturated heterocycles. The van der Waals surface area contributed by atoms with Crippen molar-refractivity contribution in [3.05, 3.63) is 27.9 Å². The first-order valence-electron chi connectivity index (χ1n) is 6.30. The molecule has 0 unspecified atom stereocenters. The summed E-state index contributed by atoms with van der Waals surface area (Å²) in [5, 5.41) is 2.45. The number of ether oxygens (including phenoxy) is 1. The second-order valence-corrected chi connectivity index (χ2v) is 5.67. The summed E-state index contributed by atoms with van der Waals surface area (Å²) in [5.41, 5.74) is 1.42. The number of fused-ring (bicyclic) bond motifs is 1. The van der Waals surface area contributed by atoms with Crippen LogP contribution in [0.4, 0.5) is 10.5 Å². The van der Waals surface area contributed by atoms with Crippen molar-refractivity contribution in [2.45, 2.75) is 6.10 Å². The maximum Gasteiger partial charge on any atom is 0.415 e. The van der Waals surface area contributed by atoms with Crippen molar-refractivity contribution in [1.82, 2.24) is 9.88 Å². The number of nitrogens with zero attached hydrogens (tertiary/aromatic N) is 2. The molecule has 2 aromatic rings. The summed E-state index contributed by atoms with van der Waals surface area (Å²) >= 11 is 1.11. The quantitative estimate of drug-likeness (QED) is 0.884. The van der Waals surface area contributed by atoms with E-state index in [0.29, 0.717) is 5.69 Å². The van der Waals surface area contributed by atoms with Crippen LogP contribution in [-0.2, 0) is 16.6 Å². The Labute approximate surface area is 123 Å². The topological polar surface area (TPSA) is 80.6 Å². The number of hydrogen-bond donors (Lipinski definition) is 1. The Bertz CT molecular complexity index is 794. The van der Waals surface area contributed by atoms with E-state index >= 15 is 0 Å². The molecule has 1 aromatic carbocycles. The van der Waals surface area contributed by atoms with E-state index in [1.54, 1.807) is 29.8 Å². The summed E-state index contributed by atoms with van der Waals surface area (Å²) < 4.78 is 7.38. The van der Waals surface area contributed by atoms with Gasteiger partial charge < -0.3 is 14.6 Å². The van der Waals surface area contributed by atoms with Crippen molar-refractivity contribution in [1.29, 1.82) is 0 Å². The highest BCUT2D eigenvalue weighted by Crippen LogP contribution is 2.27. The van der Waals surface area contributed by atoms with Crippen molar-refractivity contribution in [3.8, 4) is 0 Å². The van der Waals surface area contributed by atoms with Crippen LogP contribution in [0.25, 0.3) is 10.2 Å². The number of carbonyl (C=O) groups is 2. The highest BCUT2D eigenvalue weighted by Gasteiger charge is 2.36. The third-order valence-electron chi connectivity index (χ3n) is 3.44. The van der Waals surface area contributed by atoms with E-state index in [4.69, 9.17) is 4.74 Å². The Hall–Kier alpha value is -2.35. The van der Waals surface area contributed by atoms with Gasteiger partial charge >= 0.3 is 11.0 Å². The first-order valence-corrected chi connectivity index (χ1v) is 7.12. The number of thiazole rings is 1. The number of anilines is 1. The third kappa shape index (κ3) is 2.17. The fraction of sp³-hybridized carbons (Fsp3) is 0.308. The average Bonchev–Trinajstić information content (AvgIpc) is 2.99. The number of nitrogens with one attached hydrogen (secondary N) is 1. The van der Waals surface area contributed by atoms with Gasteiger partial charge in [-0.2, -0.15) is 0 Å². The van der Waals surface area contributed by atoms with Crippen molar-refractivity contribution < 1.29 is 14.3 Å². The molecule has 0 aliphatic carbocycles. The number of hydrogen-bond acceptors (Lipinski definition) is 5. The Morgan fingerprint density at radius 3 is 2.90 bits per heavy atom. The molecule has 1 atom stereocenters. The molecule has 0 bridgehead atoms. The van der Waals surface area contributed by atoms with Gasteiger partial charge in [0.05, 0.1) is 16.8 Å². The third-order valence-corrected chi connectivity index (χ3v) is 4.43. The molecule has 0 saturated carbocycles. The van der Waals surface area contributed by atoms with E-state index in [-0.39, 0.29) is 17.3 Å². The van der Waals surface area contributed by atoms with Crippen molar-refractivity contribution in [2.75, 3.05) is 18.5 Å². The first-order chi connectivity index (χ1) is 10.0. The Kier molecular flexibility index (Phi) is 3.17. The van der Waals surface area contributed by atoms with Gasteiger partial charge in [0.15, 0.2) is 6.10 Å². The molecule has 8 heteroatoms. The molecular formula is C13H13N3O4S. The molecule has 0 radical (unpaired) electrons. The van der Waals surface area contributed by atoms with Crippen molar-refractivity contribution in [3.63, 3.8) is 0 Å². The monoisotopic (exact) mass is 307 g/mol. The lowest BCUT2D eigenvalue weighted by molar-refractivity contribution is -0.127. The second-order valence-electron chi connectivity index (χ2n) is 4.68. The average molecular weight is 307 g/mol. The van der Waals surface area contributed by atoms with Gasteiger partial charge in [0.1, 0.15) is 0 Å². The van der Waals surface area contributed by atoms with Gasteiger partial charge in [0.2, 0.25) is 0 Å². The highest BCUT2D eigenvalue weighted by atomic mass is 32.1. The van der Waals surface area contributed by atoms with Crippen LogP contribution in [0.2, 0.25) is 0 Å². The lowest BCUT2D eigenvalue weighted by Gasteiger charge is -2.12. The molecule has 2 heterocycles. The smallest absolute Gasteiger partial charge is 0.415 e. The number of carbonyl (C=O) groups excluding carboxylic acids is 2. The number of likely N-dealkylation sites (N-methyl/N-ethyl adjacent to an activating group) is 1. The molecule has 1 N–H and O–H groups in total. The van der Waals surface area contributed by atoms with Crippen LogP contribution < -0.4 is 15.1 Å². The summed E-state index contributed by atoms with van der Waals surface area (Å²) in [6.07, 6.45) is -1.38. The number of amides is 2. The van der Waals surface area contributed by atoms with E-state index < -0.39 is 12.2 Å². The summed E-state index contributed by atoms with van der Waals surface area (Å²) in [6, 6.07) is 5.28. The minimum Gasteiger partial charge on any atom is -0.434 e. The first kappa shape index (κ1) is 13.6. The molecular weight excluding hydrogens is 294 g/mol. The number of aromatic nitrogens is 1. The number of benzene rings is 1. The largest absolute Gasteiger partial charge is 0.434 e. The van der Waals surface area contributed by atoms with Crippen molar-refractivity contribution >= 4 is 39.2 Å². The SMILES string of the molecule is CNC(=O)[C@H]1CN(c2ccc3c(c2)sc(=O)n3C)C(=O)O1. The van der Waals surface area contributed by atoms with Gasteiger partial charge in [-0.3, -0.25) is 14.5 Å². The van der Waals surface area contributed by atoms with E-state index in [2.05, 4.69) is 5.32 Å². The van der Waals surface area contributed by atoms with Crippen LogP contribution >= 0.6 is 11.3 Å². The van der Waals surface area contributed by atoms with Crippen LogP contribution in [-0.4, -0.2) is 36.3 Å². The van der Waals surface area contributed by atoms with Gasteiger partial charge in [-0.05, 0) is 18.2 Å². The minimum atomic E-state index is -0.812. The molecule has 1 fully saturated rings. The van der Waals surface area contributed by atoms with E-state index in [1.165, 1.54) is 11.9 Å². The maximum atomic E-state index is 11.9.